The lowest BCUT2D eigenvalue weighted by Gasteiger charge is -2.20. The van der Waals surface area contributed by atoms with Crippen LogP contribution in [0.1, 0.15) is 29.9 Å². The van der Waals surface area contributed by atoms with Crippen molar-refractivity contribution in [3.05, 3.63) is 54.1 Å². The topological polar surface area (TPSA) is 58.1 Å². The van der Waals surface area contributed by atoms with E-state index >= 15 is 0 Å². The summed E-state index contributed by atoms with van der Waals surface area (Å²) in [5.74, 6) is -0.0580. The second-order valence-electron chi connectivity index (χ2n) is 4.64. The lowest BCUT2D eigenvalue weighted by Crippen LogP contribution is -2.30. The van der Waals surface area contributed by atoms with E-state index in [0.717, 1.165) is 17.8 Å². The van der Waals surface area contributed by atoms with Gasteiger partial charge in [-0.2, -0.15) is 0 Å². The van der Waals surface area contributed by atoms with Gasteiger partial charge in [0.2, 0.25) is 0 Å². The molecule has 1 N–H and O–H groups in total. The van der Waals surface area contributed by atoms with Crippen molar-refractivity contribution in [1.82, 2.24) is 14.9 Å². The zero-order valence-electron chi connectivity index (χ0n) is 12.4. The van der Waals surface area contributed by atoms with Crippen LogP contribution in [-0.2, 0) is 6.54 Å². The van der Waals surface area contributed by atoms with Gasteiger partial charge in [-0.15, -0.1) is 0 Å². The minimum atomic E-state index is -0.0580. The summed E-state index contributed by atoms with van der Waals surface area (Å²) < 4.78 is 0. The van der Waals surface area contributed by atoms with Crippen molar-refractivity contribution in [3.8, 4) is 0 Å². The first-order valence-electron chi connectivity index (χ1n) is 7.12. The first-order valence-corrected chi connectivity index (χ1v) is 7.12. The summed E-state index contributed by atoms with van der Waals surface area (Å²) in [6, 6.07) is 7.47. The molecule has 2 heterocycles. The van der Waals surface area contributed by atoms with Gasteiger partial charge < -0.3 is 10.2 Å². The second-order valence-corrected chi connectivity index (χ2v) is 4.64. The van der Waals surface area contributed by atoms with E-state index in [9.17, 15) is 4.79 Å². The maximum absolute atomic E-state index is 12.5. The maximum atomic E-state index is 12.5. The fourth-order valence-electron chi connectivity index (χ4n) is 2.03. The second kappa shape index (κ2) is 7.38. The molecule has 0 atom stereocenters. The molecular formula is C16H20N4O. The molecule has 0 aliphatic carbocycles. The molecule has 0 saturated heterocycles. The summed E-state index contributed by atoms with van der Waals surface area (Å²) in [6.45, 7) is 6.02. The smallest absolute Gasteiger partial charge is 0.272 e. The summed E-state index contributed by atoms with van der Waals surface area (Å²) in [7, 11) is 0. The zero-order chi connectivity index (χ0) is 15.1. The highest BCUT2D eigenvalue weighted by Crippen LogP contribution is 2.10. The van der Waals surface area contributed by atoms with Crippen LogP contribution in [0.25, 0.3) is 0 Å². The van der Waals surface area contributed by atoms with Crippen molar-refractivity contribution in [1.29, 1.82) is 0 Å². The van der Waals surface area contributed by atoms with Crippen LogP contribution in [0, 0.1) is 0 Å². The van der Waals surface area contributed by atoms with E-state index in [0.29, 0.717) is 18.8 Å². The van der Waals surface area contributed by atoms with E-state index in [4.69, 9.17) is 0 Å². The van der Waals surface area contributed by atoms with Gasteiger partial charge in [0.1, 0.15) is 5.69 Å². The Morgan fingerprint density at radius 2 is 1.95 bits per heavy atom. The van der Waals surface area contributed by atoms with Crippen LogP contribution >= 0.6 is 0 Å². The molecule has 0 saturated carbocycles. The molecule has 2 aromatic rings. The van der Waals surface area contributed by atoms with Gasteiger partial charge in [-0.25, -0.2) is 4.98 Å². The Morgan fingerprint density at radius 3 is 2.52 bits per heavy atom. The minimum Gasteiger partial charge on any atom is -0.384 e. The van der Waals surface area contributed by atoms with Crippen molar-refractivity contribution in [2.24, 2.45) is 0 Å². The number of amides is 1. The SMILES string of the molecule is CCNc1ccc(C(=O)N(CC)Cc2ccncc2)nc1. The highest BCUT2D eigenvalue weighted by atomic mass is 16.2. The Hall–Kier alpha value is -2.43. The standard InChI is InChI=1S/C16H20N4O/c1-3-18-14-5-6-15(19-11-14)16(21)20(4-2)12-13-7-9-17-10-8-13/h5-11,18H,3-4,12H2,1-2H3. The molecule has 2 aromatic heterocycles. The average molecular weight is 284 g/mol. The highest BCUT2D eigenvalue weighted by Gasteiger charge is 2.15. The molecule has 0 bridgehead atoms. The van der Waals surface area contributed by atoms with Gasteiger partial charge in [0.15, 0.2) is 0 Å². The van der Waals surface area contributed by atoms with Crippen LogP contribution < -0.4 is 5.32 Å². The van der Waals surface area contributed by atoms with Gasteiger partial charge >= 0.3 is 0 Å². The minimum absolute atomic E-state index is 0.0580. The van der Waals surface area contributed by atoms with E-state index in [1.807, 2.05) is 32.0 Å². The van der Waals surface area contributed by atoms with Gasteiger partial charge in [-0.05, 0) is 43.7 Å². The number of hydrogen-bond acceptors (Lipinski definition) is 4. The number of hydrogen-bond donors (Lipinski definition) is 1. The van der Waals surface area contributed by atoms with E-state index in [2.05, 4.69) is 15.3 Å². The van der Waals surface area contributed by atoms with Crippen LogP contribution in [0.5, 0.6) is 0 Å². The first kappa shape index (κ1) is 15.0. The van der Waals surface area contributed by atoms with Crippen LogP contribution in [0.4, 0.5) is 5.69 Å². The van der Waals surface area contributed by atoms with Gasteiger partial charge in [-0.3, -0.25) is 9.78 Å². The molecule has 0 radical (unpaired) electrons. The molecule has 0 unspecified atom stereocenters. The lowest BCUT2D eigenvalue weighted by atomic mass is 10.2. The summed E-state index contributed by atoms with van der Waals surface area (Å²) >= 11 is 0. The van der Waals surface area contributed by atoms with E-state index < -0.39 is 0 Å². The molecule has 0 aromatic carbocycles. The van der Waals surface area contributed by atoms with Crippen LogP contribution in [0.3, 0.4) is 0 Å². The molecule has 0 fully saturated rings. The molecule has 0 spiro atoms. The number of aromatic nitrogens is 2. The van der Waals surface area contributed by atoms with E-state index in [-0.39, 0.29) is 5.91 Å². The van der Waals surface area contributed by atoms with E-state index in [1.165, 1.54) is 0 Å². The molecule has 5 nitrogen and oxygen atoms in total. The lowest BCUT2D eigenvalue weighted by molar-refractivity contribution is 0.0746. The predicted octanol–water partition coefficient (Wildman–Crippen LogP) is 2.57. The number of carbonyl (C=O) groups is 1. The molecule has 1 amide bonds. The number of carbonyl (C=O) groups excluding carboxylic acids is 1. The highest BCUT2D eigenvalue weighted by molar-refractivity contribution is 5.92. The molecule has 5 heteroatoms. The molecule has 0 aliphatic rings. The van der Waals surface area contributed by atoms with Crippen LogP contribution in [0.15, 0.2) is 42.9 Å². The maximum Gasteiger partial charge on any atom is 0.272 e. The number of nitrogens with one attached hydrogen (secondary N) is 1. The Morgan fingerprint density at radius 1 is 1.19 bits per heavy atom. The fraction of sp³-hybridized carbons (Fsp3) is 0.312. The predicted molar refractivity (Wildman–Crippen MR) is 83.1 cm³/mol. The number of pyridine rings is 2. The Bertz CT molecular complexity index is 569. The van der Waals surface area contributed by atoms with Crippen molar-refractivity contribution in [2.45, 2.75) is 20.4 Å². The Kier molecular flexibility index (Phi) is 5.26. The fourth-order valence-corrected chi connectivity index (χ4v) is 2.03. The number of nitrogens with zero attached hydrogens (tertiary/aromatic N) is 3. The quantitative estimate of drug-likeness (QED) is 0.885. The Balaban J connectivity index is 2.08. The molecule has 0 aliphatic heterocycles. The summed E-state index contributed by atoms with van der Waals surface area (Å²) in [6.07, 6.45) is 5.16. The number of anilines is 1. The van der Waals surface area contributed by atoms with Crippen molar-refractivity contribution < 1.29 is 4.79 Å². The van der Waals surface area contributed by atoms with Crippen molar-refractivity contribution in [2.75, 3.05) is 18.4 Å². The van der Waals surface area contributed by atoms with Crippen molar-refractivity contribution in [3.63, 3.8) is 0 Å². The van der Waals surface area contributed by atoms with Gasteiger partial charge in [-0.1, -0.05) is 0 Å². The van der Waals surface area contributed by atoms with Gasteiger partial charge in [0.05, 0.1) is 11.9 Å². The monoisotopic (exact) mass is 284 g/mol. The third kappa shape index (κ3) is 4.02. The van der Waals surface area contributed by atoms with Gasteiger partial charge in [0.25, 0.3) is 5.91 Å². The van der Waals surface area contributed by atoms with Crippen LogP contribution in [0.2, 0.25) is 0 Å². The molecule has 110 valence electrons. The van der Waals surface area contributed by atoms with Crippen LogP contribution in [-0.4, -0.2) is 33.9 Å². The summed E-state index contributed by atoms with van der Waals surface area (Å²) in [5.41, 5.74) is 2.45. The number of rotatable bonds is 6. The summed E-state index contributed by atoms with van der Waals surface area (Å²) in [4.78, 5) is 22.5. The normalized spacial score (nSPS) is 10.2. The largest absolute Gasteiger partial charge is 0.384 e. The average Bonchev–Trinajstić information content (AvgIpc) is 2.54. The molecule has 2 rings (SSSR count). The zero-order valence-corrected chi connectivity index (χ0v) is 12.4. The van der Waals surface area contributed by atoms with Gasteiger partial charge in [0, 0.05) is 32.0 Å². The third-order valence-corrected chi connectivity index (χ3v) is 3.16. The van der Waals surface area contributed by atoms with Crippen molar-refractivity contribution >= 4 is 11.6 Å². The Labute approximate surface area is 125 Å². The molecular weight excluding hydrogens is 264 g/mol. The molecule has 21 heavy (non-hydrogen) atoms. The third-order valence-electron chi connectivity index (χ3n) is 3.16. The van der Waals surface area contributed by atoms with E-state index in [1.54, 1.807) is 29.6 Å². The first-order chi connectivity index (χ1) is 10.2. The summed E-state index contributed by atoms with van der Waals surface area (Å²) in [5, 5.41) is 3.16.